The number of sulfonamides is 1. The summed E-state index contributed by atoms with van der Waals surface area (Å²) in [6, 6.07) is 27.3. The lowest BCUT2D eigenvalue weighted by atomic mass is 9.94. The number of rotatable bonds is 12. The molecule has 48 heavy (non-hydrogen) atoms. The van der Waals surface area contributed by atoms with E-state index < -0.39 is 28.5 Å². The predicted molar refractivity (Wildman–Crippen MR) is 193 cm³/mol. The van der Waals surface area contributed by atoms with Gasteiger partial charge in [-0.3, -0.25) is 13.9 Å². The zero-order chi connectivity index (χ0) is 34.3. The third-order valence-corrected chi connectivity index (χ3v) is 10.9. The molecule has 1 atom stereocenters. The molecule has 0 bridgehead atoms. The van der Waals surface area contributed by atoms with Crippen molar-refractivity contribution in [2.24, 2.45) is 0 Å². The van der Waals surface area contributed by atoms with Crippen LogP contribution in [0.4, 0.5) is 5.69 Å². The summed E-state index contributed by atoms with van der Waals surface area (Å²) < 4.78 is 29.6. The number of anilines is 1. The van der Waals surface area contributed by atoms with E-state index in [1.165, 1.54) is 35.2 Å². The molecule has 1 aliphatic rings. The van der Waals surface area contributed by atoms with Gasteiger partial charge in [-0.15, -0.1) is 0 Å². The SMILES string of the molecule is Cc1ccc(CN(C(=O)CN(c2cc(Cl)cc(Cl)c2)S(=O)(=O)c2ccc(C)cc2)C(Cc2ccccc2)C(=O)NC2CCCCC2)cc1. The van der Waals surface area contributed by atoms with Crippen LogP contribution in [0.15, 0.2) is 102 Å². The Hall–Kier alpha value is -3.85. The fraction of sp³-hybridized carbons (Fsp3) is 0.316. The van der Waals surface area contributed by atoms with Gasteiger partial charge in [-0.1, -0.05) is 120 Å². The van der Waals surface area contributed by atoms with E-state index in [9.17, 15) is 18.0 Å². The van der Waals surface area contributed by atoms with E-state index in [0.717, 1.165) is 58.7 Å². The summed E-state index contributed by atoms with van der Waals surface area (Å²) in [4.78, 5) is 30.5. The van der Waals surface area contributed by atoms with E-state index in [1.807, 2.05) is 68.4 Å². The van der Waals surface area contributed by atoms with Gasteiger partial charge in [0.2, 0.25) is 11.8 Å². The second-order valence-corrected chi connectivity index (χ2v) is 15.2. The zero-order valence-corrected chi connectivity index (χ0v) is 29.6. The molecule has 2 amide bonds. The van der Waals surface area contributed by atoms with E-state index in [1.54, 1.807) is 12.1 Å². The molecule has 1 N–H and O–H groups in total. The Labute approximate surface area is 293 Å². The number of carbonyl (C=O) groups is 2. The summed E-state index contributed by atoms with van der Waals surface area (Å²) in [5.74, 6) is -0.799. The van der Waals surface area contributed by atoms with E-state index in [2.05, 4.69) is 5.32 Å². The van der Waals surface area contributed by atoms with Crippen molar-refractivity contribution in [1.29, 1.82) is 0 Å². The summed E-state index contributed by atoms with van der Waals surface area (Å²) >= 11 is 12.7. The minimum atomic E-state index is -4.27. The van der Waals surface area contributed by atoms with Gasteiger partial charge in [0, 0.05) is 29.1 Å². The van der Waals surface area contributed by atoms with Crippen LogP contribution in [0.25, 0.3) is 0 Å². The maximum atomic E-state index is 14.7. The van der Waals surface area contributed by atoms with Crippen molar-refractivity contribution in [2.75, 3.05) is 10.8 Å². The van der Waals surface area contributed by atoms with Crippen molar-refractivity contribution >= 4 is 50.7 Å². The highest BCUT2D eigenvalue weighted by Crippen LogP contribution is 2.30. The first-order valence-electron chi connectivity index (χ1n) is 16.2. The van der Waals surface area contributed by atoms with Crippen molar-refractivity contribution in [2.45, 2.75) is 75.9 Å². The van der Waals surface area contributed by atoms with E-state index in [0.29, 0.717) is 0 Å². The van der Waals surface area contributed by atoms with Crippen LogP contribution >= 0.6 is 23.2 Å². The predicted octanol–water partition coefficient (Wildman–Crippen LogP) is 7.89. The van der Waals surface area contributed by atoms with Crippen LogP contribution in [0.3, 0.4) is 0 Å². The lowest BCUT2D eigenvalue weighted by Gasteiger charge is -2.35. The van der Waals surface area contributed by atoms with Crippen molar-refractivity contribution < 1.29 is 18.0 Å². The highest BCUT2D eigenvalue weighted by atomic mass is 35.5. The molecule has 10 heteroatoms. The summed E-state index contributed by atoms with van der Waals surface area (Å²) in [7, 11) is -4.27. The van der Waals surface area contributed by atoms with Gasteiger partial charge >= 0.3 is 0 Å². The topological polar surface area (TPSA) is 86.8 Å². The Morgan fingerprint density at radius 2 is 1.38 bits per heavy atom. The average Bonchev–Trinajstić information content (AvgIpc) is 3.06. The van der Waals surface area contributed by atoms with Gasteiger partial charge in [-0.25, -0.2) is 8.42 Å². The van der Waals surface area contributed by atoms with Crippen LogP contribution < -0.4 is 9.62 Å². The number of amides is 2. The molecular weight excluding hydrogens is 665 g/mol. The van der Waals surface area contributed by atoms with Crippen LogP contribution in [0.5, 0.6) is 0 Å². The highest BCUT2D eigenvalue weighted by Gasteiger charge is 2.35. The molecule has 0 aromatic heterocycles. The lowest BCUT2D eigenvalue weighted by molar-refractivity contribution is -0.140. The summed E-state index contributed by atoms with van der Waals surface area (Å²) in [6.45, 7) is 3.36. The van der Waals surface area contributed by atoms with Crippen LogP contribution in [0, 0.1) is 13.8 Å². The van der Waals surface area contributed by atoms with Gasteiger partial charge in [0.1, 0.15) is 12.6 Å². The molecule has 4 aromatic carbocycles. The van der Waals surface area contributed by atoms with Crippen LogP contribution in [-0.2, 0) is 32.6 Å². The third-order valence-electron chi connectivity index (χ3n) is 8.72. The molecule has 0 heterocycles. The summed E-state index contributed by atoms with van der Waals surface area (Å²) in [5, 5.41) is 3.67. The standard InChI is InChI=1S/C38H41Cl2N3O4S/c1-27-13-17-30(18-14-27)25-42(36(21-29-9-5-3-6-10-29)38(45)41-33-11-7-4-8-12-33)37(44)26-43(34-23-31(39)22-32(40)24-34)48(46,47)35-19-15-28(2)16-20-35/h3,5-6,9-10,13-20,22-24,33,36H,4,7-8,11-12,21,25-26H2,1-2H3,(H,41,45). The molecular formula is C38H41Cl2N3O4S. The van der Waals surface area contributed by atoms with Gasteiger partial charge in [0.25, 0.3) is 10.0 Å². The molecule has 1 saturated carbocycles. The monoisotopic (exact) mass is 705 g/mol. The number of aryl methyl sites for hydroxylation is 2. The minimum Gasteiger partial charge on any atom is -0.352 e. The second kappa shape index (κ2) is 16.0. The Bertz CT molecular complexity index is 1790. The molecule has 5 rings (SSSR count). The Morgan fingerprint density at radius 1 is 0.792 bits per heavy atom. The van der Waals surface area contributed by atoms with Gasteiger partial charge < -0.3 is 10.2 Å². The Kier molecular flexibility index (Phi) is 11.8. The number of nitrogens with one attached hydrogen (secondary N) is 1. The van der Waals surface area contributed by atoms with Crippen molar-refractivity contribution in [3.63, 3.8) is 0 Å². The first-order valence-corrected chi connectivity index (χ1v) is 18.4. The average molecular weight is 707 g/mol. The number of nitrogens with zero attached hydrogens (tertiary/aromatic N) is 2. The van der Waals surface area contributed by atoms with E-state index in [-0.39, 0.29) is 45.5 Å². The van der Waals surface area contributed by atoms with Crippen molar-refractivity contribution in [3.8, 4) is 0 Å². The molecule has 0 radical (unpaired) electrons. The minimum absolute atomic E-state index is 0.0120. The largest absolute Gasteiger partial charge is 0.352 e. The number of hydrogen-bond acceptors (Lipinski definition) is 4. The van der Waals surface area contributed by atoms with Gasteiger partial charge in [-0.2, -0.15) is 0 Å². The maximum Gasteiger partial charge on any atom is 0.264 e. The van der Waals surface area contributed by atoms with Crippen LogP contribution in [-0.4, -0.2) is 43.8 Å². The number of benzene rings is 4. The molecule has 1 fully saturated rings. The number of halogens is 2. The molecule has 252 valence electrons. The van der Waals surface area contributed by atoms with Crippen molar-refractivity contribution in [3.05, 3.63) is 129 Å². The molecule has 1 aliphatic carbocycles. The first-order chi connectivity index (χ1) is 23.0. The molecule has 4 aromatic rings. The highest BCUT2D eigenvalue weighted by molar-refractivity contribution is 7.92. The van der Waals surface area contributed by atoms with Gasteiger partial charge in [0.15, 0.2) is 0 Å². The molecule has 7 nitrogen and oxygen atoms in total. The first kappa shape index (κ1) is 35.5. The lowest BCUT2D eigenvalue weighted by Crippen LogP contribution is -2.55. The zero-order valence-electron chi connectivity index (χ0n) is 27.2. The van der Waals surface area contributed by atoms with Crippen LogP contribution in [0.2, 0.25) is 10.0 Å². The van der Waals surface area contributed by atoms with Crippen LogP contribution in [0.1, 0.15) is 54.4 Å². The quantitative estimate of drug-likeness (QED) is 0.162. The Balaban J connectivity index is 1.58. The summed E-state index contributed by atoms with van der Waals surface area (Å²) in [5.41, 5.74) is 3.79. The Morgan fingerprint density at radius 3 is 1.98 bits per heavy atom. The fourth-order valence-corrected chi connectivity index (χ4v) is 7.95. The second-order valence-electron chi connectivity index (χ2n) is 12.5. The molecule has 1 unspecified atom stereocenters. The van der Waals surface area contributed by atoms with E-state index >= 15 is 0 Å². The fourth-order valence-electron chi connectivity index (χ4n) is 6.04. The van der Waals surface area contributed by atoms with Gasteiger partial charge in [0.05, 0.1) is 10.6 Å². The maximum absolute atomic E-state index is 14.7. The van der Waals surface area contributed by atoms with Crippen molar-refractivity contribution in [1.82, 2.24) is 10.2 Å². The normalized spacial score (nSPS) is 14.2. The molecule has 0 aliphatic heterocycles. The number of carbonyl (C=O) groups excluding carboxylic acids is 2. The number of hydrogen-bond donors (Lipinski definition) is 1. The molecule has 0 saturated heterocycles. The smallest absolute Gasteiger partial charge is 0.264 e. The molecule has 0 spiro atoms. The van der Waals surface area contributed by atoms with E-state index in [4.69, 9.17) is 23.2 Å². The summed E-state index contributed by atoms with van der Waals surface area (Å²) in [6.07, 6.45) is 5.23. The van der Waals surface area contributed by atoms with Gasteiger partial charge in [-0.05, 0) is 68.1 Å². The third kappa shape index (κ3) is 9.19.